The summed E-state index contributed by atoms with van der Waals surface area (Å²) in [5, 5.41) is 3.70. The minimum Gasteiger partial charge on any atom is -0.444 e. The predicted octanol–water partition coefficient (Wildman–Crippen LogP) is 2.30. The van der Waals surface area contributed by atoms with Crippen LogP contribution in [-0.2, 0) is 14.2 Å². The molecule has 2 atom stereocenters. The average Bonchev–Trinajstić information content (AvgIpc) is 2.35. The first-order chi connectivity index (χ1) is 9.37. The van der Waals surface area contributed by atoms with Gasteiger partial charge in [0, 0.05) is 25.1 Å². The Balaban J connectivity index is 2.63. The quantitative estimate of drug-likeness (QED) is 0.343. The fraction of sp³-hybridized carbons (Fsp3) is 0.917. The zero-order valence-corrected chi connectivity index (χ0v) is 12.4. The normalized spacial score (nSPS) is 23.1. The van der Waals surface area contributed by atoms with Crippen molar-refractivity contribution in [3.8, 4) is 0 Å². The van der Waals surface area contributed by atoms with Gasteiger partial charge in [-0.25, -0.2) is 4.79 Å². The Bertz CT molecular complexity index is 376. The predicted molar refractivity (Wildman–Crippen MR) is 72.1 cm³/mol. The van der Waals surface area contributed by atoms with Crippen molar-refractivity contribution in [3.63, 3.8) is 0 Å². The van der Waals surface area contributed by atoms with Gasteiger partial charge in [0.1, 0.15) is 12.4 Å². The number of azide groups is 1. The second kappa shape index (κ2) is 7.33. The highest BCUT2D eigenvalue weighted by molar-refractivity contribution is 5.68. The Hall–Kier alpha value is -1.50. The van der Waals surface area contributed by atoms with Crippen molar-refractivity contribution >= 4 is 6.09 Å². The molecule has 1 saturated heterocycles. The lowest BCUT2D eigenvalue weighted by Crippen LogP contribution is -2.50. The summed E-state index contributed by atoms with van der Waals surface area (Å²) in [5.41, 5.74) is 8.06. The van der Waals surface area contributed by atoms with E-state index >= 15 is 0 Å². The maximum absolute atomic E-state index is 12.0. The van der Waals surface area contributed by atoms with Crippen molar-refractivity contribution in [1.29, 1.82) is 0 Å². The Labute approximate surface area is 118 Å². The number of hydrogen-bond acceptors (Lipinski definition) is 5. The van der Waals surface area contributed by atoms with Gasteiger partial charge >= 0.3 is 6.09 Å². The van der Waals surface area contributed by atoms with E-state index in [0.29, 0.717) is 13.0 Å². The van der Waals surface area contributed by atoms with E-state index in [1.165, 1.54) is 12.0 Å². The second-order valence-electron chi connectivity index (χ2n) is 5.60. The zero-order chi connectivity index (χ0) is 15.2. The Morgan fingerprint density at radius 2 is 2.20 bits per heavy atom. The molecule has 0 aliphatic carbocycles. The van der Waals surface area contributed by atoms with E-state index in [0.717, 1.165) is 0 Å². The number of carbonyl (C=O) groups excluding carboxylic acids is 1. The molecule has 1 rings (SSSR count). The van der Waals surface area contributed by atoms with Gasteiger partial charge in [-0.15, -0.1) is 0 Å². The van der Waals surface area contributed by atoms with E-state index in [1.807, 2.05) is 20.8 Å². The Kier molecular flexibility index (Phi) is 6.06. The van der Waals surface area contributed by atoms with E-state index < -0.39 is 17.7 Å². The summed E-state index contributed by atoms with van der Waals surface area (Å²) in [5.74, 6) is 0. The van der Waals surface area contributed by atoms with Crippen molar-refractivity contribution in [2.45, 2.75) is 44.9 Å². The molecule has 0 aromatic heterocycles. The summed E-state index contributed by atoms with van der Waals surface area (Å²) < 4.78 is 15.6. The molecule has 1 heterocycles. The molecular weight excluding hydrogens is 264 g/mol. The van der Waals surface area contributed by atoms with E-state index in [9.17, 15) is 4.79 Å². The van der Waals surface area contributed by atoms with E-state index in [2.05, 4.69) is 10.0 Å². The van der Waals surface area contributed by atoms with Crippen molar-refractivity contribution in [1.82, 2.24) is 4.90 Å². The summed E-state index contributed by atoms with van der Waals surface area (Å²) >= 11 is 0. The van der Waals surface area contributed by atoms with Crippen molar-refractivity contribution in [2.75, 3.05) is 27.0 Å². The summed E-state index contributed by atoms with van der Waals surface area (Å²) in [7, 11) is 1.53. The summed E-state index contributed by atoms with van der Waals surface area (Å²) in [4.78, 5) is 16.3. The molecule has 0 saturated carbocycles. The zero-order valence-electron chi connectivity index (χ0n) is 12.4. The van der Waals surface area contributed by atoms with Gasteiger partial charge in [0.15, 0.2) is 0 Å². The molecule has 0 aromatic carbocycles. The SMILES string of the molecule is COCO[C@@H]1CCN(C(=O)OC(C)(C)C)C[C@H]1N=[N+]=[N-]. The number of amides is 1. The molecule has 0 radical (unpaired) electrons. The highest BCUT2D eigenvalue weighted by Crippen LogP contribution is 2.20. The van der Waals surface area contributed by atoms with E-state index in [-0.39, 0.29) is 19.4 Å². The van der Waals surface area contributed by atoms with Crippen molar-refractivity contribution < 1.29 is 19.0 Å². The first kappa shape index (κ1) is 16.6. The number of ether oxygens (including phenoxy) is 3. The van der Waals surface area contributed by atoms with Crippen LogP contribution in [0.2, 0.25) is 0 Å². The van der Waals surface area contributed by atoms with Gasteiger partial charge in [-0.2, -0.15) is 0 Å². The number of likely N-dealkylation sites (tertiary alicyclic amines) is 1. The minimum atomic E-state index is -0.547. The number of hydrogen-bond donors (Lipinski definition) is 0. The molecule has 20 heavy (non-hydrogen) atoms. The molecule has 1 fully saturated rings. The number of methoxy groups -OCH3 is 1. The van der Waals surface area contributed by atoms with Gasteiger partial charge in [-0.05, 0) is 32.7 Å². The van der Waals surface area contributed by atoms with Crippen LogP contribution in [0.25, 0.3) is 10.4 Å². The third kappa shape index (κ3) is 5.24. The van der Waals surface area contributed by atoms with E-state index in [1.54, 1.807) is 0 Å². The van der Waals surface area contributed by atoms with Crippen molar-refractivity contribution in [3.05, 3.63) is 10.4 Å². The van der Waals surface area contributed by atoms with Gasteiger partial charge < -0.3 is 19.1 Å². The van der Waals surface area contributed by atoms with Crippen LogP contribution in [0, 0.1) is 0 Å². The summed E-state index contributed by atoms with van der Waals surface area (Å²) in [6.45, 7) is 6.35. The lowest BCUT2D eigenvalue weighted by molar-refractivity contribution is -0.0954. The topological polar surface area (TPSA) is 96.8 Å². The number of piperidine rings is 1. The van der Waals surface area contributed by atoms with Crippen LogP contribution in [0.4, 0.5) is 4.79 Å². The standard InChI is InChI=1S/C12H22N4O4/c1-12(2,3)20-11(17)16-6-5-10(19-8-18-4)9(7-16)14-15-13/h9-10H,5-8H2,1-4H3/t9-,10-/m1/s1. The fourth-order valence-corrected chi connectivity index (χ4v) is 1.93. The lowest BCUT2D eigenvalue weighted by atomic mass is 10.0. The molecule has 1 aliphatic rings. The molecule has 1 aliphatic heterocycles. The molecule has 1 amide bonds. The molecule has 8 heteroatoms. The number of rotatable bonds is 4. The fourth-order valence-electron chi connectivity index (χ4n) is 1.93. The average molecular weight is 286 g/mol. The smallest absolute Gasteiger partial charge is 0.410 e. The largest absolute Gasteiger partial charge is 0.444 e. The molecule has 0 bridgehead atoms. The molecule has 8 nitrogen and oxygen atoms in total. The van der Waals surface area contributed by atoms with Gasteiger partial charge in [-0.3, -0.25) is 0 Å². The van der Waals surface area contributed by atoms with Crippen molar-refractivity contribution in [2.24, 2.45) is 5.11 Å². The number of nitrogens with zero attached hydrogens (tertiary/aromatic N) is 4. The van der Waals surface area contributed by atoms with Crippen LogP contribution in [0.1, 0.15) is 27.2 Å². The van der Waals surface area contributed by atoms with Crippen LogP contribution < -0.4 is 0 Å². The van der Waals surface area contributed by atoms with Gasteiger partial charge in [0.25, 0.3) is 0 Å². The molecule has 0 unspecified atom stereocenters. The third-order valence-corrected chi connectivity index (χ3v) is 2.77. The third-order valence-electron chi connectivity index (χ3n) is 2.77. The van der Waals surface area contributed by atoms with Crippen LogP contribution in [-0.4, -0.2) is 55.7 Å². The first-order valence-corrected chi connectivity index (χ1v) is 6.50. The number of carbonyl (C=O) groups is 1. The van der Waals surface area contributed by atoms with Gasteiger partial charge in [0.2, 0.25) is 0 Å². The van der Waals surface area contributed by atoms with Crippen LogP contribution in [0.15, 0.2) is 5.11 Å². The first-order valence-electron chi connectivity index (χ1n) is 6.50. The Morgan fingerprint density at radius 3 is 2.75 bits per heavy atom. The van der Waals surface area contributed by atoms with Crippen LogP contribution >= 0.6 is 0 Å². The summed E-state index contributed by atoms with van der Waals surface area (Å²) in [6.07, 6.45) is -0.0721. The second-order valence-corrected chi connectivity index (χ2v) is 5.60. The monoisotopic (exact) mass is 286 g/mol. The lowest BCUT2D eigenvalue weighted by Gasteiger charge is -2.36. The molecule has 0 aromatic rings. The molecule has 0 spiro atoms. The summed E-state index contributed by atoms with van der Waals surface area (Å²) in [6, 6.07) is -0.434. The van der Waals surface area contributed by atoms with Gasteiger partial charge in [-0.1, -0.05) is 5.11 Å². The minimum absolute atomic E-state index is 0.133. The highest BCUT2D eigenvalue weighted by Gasteiger charge is 2.33. The highest BCUT2D eigenvalue weighted by atomic mass is 16.7. The molecule has 0 N–H and O–H groups in total. The van der Waals surface area contributed by atoms with Crippen LogP contribution in [0.5, 0.6) is 0 Å². The van der Waals surface area contributed by atoms with Crippen LogP contribution in [0.3, 0.4) is 0 Å². The van der Waals surface area contributed by atoms with Gasteiger partial charge in [0.05, 0.1) is 12.1 Å². The van der Waals surface area contributed by atoms with E-state index in [4.69, 9.17) is 19.7 Å². The molecule has 114 valence electrons. The Morgan fingerprint density at radius 1 is 1.50 bits per heavy atom. The molecular formula is C12H22N4O4. The maximum atomic E-state index is 12.0. The maximum Gasteiger partial charge on any atom is 0.410 e.